The SMILES string of the molecule is CCOC(=O)c1cnc(NC(=S)NCC(C)C)nc1C. The van der Waals surface area contributed by atoms with Crippen LogP contribution in [0.4, 0.5) is 5.95 Å². The lowest BCUT2D eigenvalue weighted by Crippen LogP contribution is -2.32. The van der Waals surface area contributed by atoms with Gasteiger partial charge in [-0.3, -0.25) is 0 Å². The third kappa shape index (κ3) is 5.08. The van der Waals surface area contributed by atoms with E-state index in [0.717, 1.165) is 6.54 Å². The van der Waals surface area contributed by atoms with Crippen molar-refractivity contribution in [3.8, 4) is 0 Å². The molecule has 0 aliphatic rings. The second-order valence-corrected chi connectivity index (χ2v) is 5.05. The Morgan fingerprint density at radius 2 is 2.20 bits per heavy atom. The van der Waals surface area contributed by atoms with E-state index in [4.69, 9.17) is 17.0 Å². The highest BCUT2D eigenvalue weighted by Gasteiger charge is 2.13. The minimum atomic E-state index is -0.419. The van der Waals surface area contributed by atoms with Gasteiger partial charge in [-0.25, -0.2) is 14.8 Å². The average molecular weight is 296 g/mol. The van der Waals surface area contributed by atoms with Gasteiger partial charge in [-0.05, 0) is 32.0 Å². The van der Waals surface area contributed by atoms with Gasteiger partial charge in [-0.1, -0.05) is 13.8 Å². The minimum Gasteiger partial charge on any atom is -0.462 e. The second kappa shape index (κ2) is 7.74. The Kier molecular flexibility index (Phi) is 6.30. The first-order valence-corrected chi connectivity index (χ1v) is 6.90. The third-order valence-corrected chi connectivity index (χ3v) is 2.62. The van der Waals surface area contributed by atoms with Crippen LogP contribution in [-0.4, -0.2) is 34.2 Å². The van der Waals surface area contributed by atoms with Gasteiger partial charge in [-0.2, -0.15) is 0 Å². The summed E-state index contributed by atoms with van der Waals surface area (Å²) in [6.07, 6.45) is 1.44. The van der Waals surface area contributed by atoms with Crippen LogP contribution in [0.1, 0.15) is 36.8 Å². The normalized spacial score (nSPS) is 10.2. The van der Waals surface area contributed by atoms with Crippen LogP contribution in [0, 0.1) is 12.8 Å². The number of rotatable bonds is 5. The first-order valence-electron chi connectivity index (χ1n) is 6.49. The fourth-order valence-corrected chi connectivity index (χ4v) is 1.55. The molecular formula is C13H20N4O2S. The van der Waals surface area contributed by atoms with E-state index in [1.54, 1.807) is 13.8 Å². The molecule has 0 amide bonds. The third-order valence-electron chi connectivity index (χ3n) is 2.37. The number of aryl methyl sites for hydroxylation is 1. The molecule has 6 nitrogen and oxygen atoms in total. The van der Waals surface area contributed by atoms with Crippen molar-refractivity contribution in [3.63, 3.8) is 0 Å². The van der Waals surface area contributed by atoms with Gasteiger partial charge in [0.15, 0.2) is 5.11 Å². The Morgan fingerprint density at radius 1 is 1.50 bits per heavy atom. The summed E-state index contributed by atoms with van der Waals surface area (Å²) < 4.78 is 4.92. The Labute approximate surface area is 124 Å². The van der Waals surface area contributed by atoms with Crippen LogP contribution in [0.15, 0.2) is 6.20 Å². The van der Waals surface area contributed by atoms with Crippen molar-refractivity contribution in [1.82, 2.24) is 15.3 Å². The number of anilines is 1. The second-order valence-electron chi connectivity index (χ2n) is 4.64. The number of esters is 1. The van der Waals surface area contributed by atoms with Crippen LogP contribution in [0.25, 0.3) is 0 Å². The van der Waals surface area contributed by atoms with Crippen molar-refractivity contribution < 1.29 is 9.53 Å². The Bertz CT molecular complexity index is 491. The number of nitrogens with one attached hydrogen (secondary N) is 2. The van der Waals surface area contributed by atoms with Crippen molar-refractivity contribution in [1.29, 1.82) is 0 Å². The zero-order chi connectivity index (χ0) is 15.1. The molecule has 0 saturated carbocycles. The minimum absolute atomic E-state index is 0.321. The molecule has 1 aromatic heterocycles. The number of nitrogens with zero attached hydrogens (tertiary/aromatic N) is 2. The monoisotopic (exact) mass is 296 g/mol. The van der Waals surface area contributed by atoms with E-state index in [9.17, 15) is 4.79 Å². The molecule has 0 saturated heterocycles. The zero-order valence-corrected chi connectivity index (χ0v) is 13.0. The van der Waals surface area contributed by atoms with Gasteiger partial charge < -0.3 is 15.4 Å². The molecule has 0 spiro atoms. The lowest BCUT2D eigenvalue weighted by atomic mass is 10.2. The molecule has 0 aliphatic heterocycles. The highest BCUT2D eigenvalue weighted by atomic mass is 32.1. The van der Waals surface area contributed by atoms with E-state index >= 15 is 0 Å². The van der Waals surface area contributed by atoms with Gasteiger partial charge in [0.05, 0.1) is 17.9 Å². The molecule has 0 bridgehead atoms. The van der Waals surface area contributed by atoms with Crippen molar-refractivity contribution >= 4 is 29.2 Å². The Morgan fingerprint density at radius 3 is 2.75 bits per heavy atom. The number of hydrogen-bond donors (Lipinski definition) is 2. The van der Waals surface area contributed by atoms with Gasteiger partial charge in [-0.15, -0.1) is 0 Å². The molecule has 2 N–H and O–H groups in total. The largest absolute Gasteiger partial charge is 0.462 e. The molecule has 0 aromatic carbocycles. The summed E-state index contributed by atoms with van der Waals surface area (Å²) in [7, 11) is 0. The van der Waals surface area contributed by atoms with Gasteiger partial charge in [0.2, 0.25) is 5.95 Å². The number of aromatic nitrogens is 2. The molecule has 0 radical (unpaired) electrons. The Balaban J connectivity index is 2.68. The van der Waals surface area contributed by atoms with Gasteiger partial charge in [0.25, 0.3) is 0 Å². The maximum Gasteiger partial charge on any atom is 0.341 e. The highest BCUT2D eigenvalue weighted by molar-refractivity contribution is 7.80. The zero-order valence-electron chi connectivity index (χ0n) is 12.2. The lowest BCUT2D eigenvalue weighted by molar-refractivity contribution is 0.0524. The predicted octanol–water partition coefficient (Wildman–Crippen LogP) is 1.90. The van der Waals surface area contributed by atoms with Gasteiger partial charge >= 0.3 is 5.97 Å². The quantitative estimate of drug-likeness (QED) is 0.635. The molecular weight excluding hydrogens is 276 g/mol. The summed E-state index contributed by atoms with van der Waals surface area (Å²) in [6, 6.07) is 0. The van der Waals surface area contributed by atoms with E-state index in [-0.39, 0.29) is 0 Å². The summed E-state index contributed by atoms with van der Waals surface area (Å²) in [5, 5.41) is 6.40. The topological polar surface area (TPSA) is 76.1 Å². The highest BCUT2D eigenvalue weighted by Crippen LogP contribution is 2.08. The summed E-state index contributed by atoms with van der Waals surface area (Å²) in [4.78, 5) is 19.9. The van der Waals surface area contributed by atoms with Crippen LogP contribution < -0.4 is 10.6 Å². The van der Waals surface area contributed by atoms with E-state index in [0.29, 0.717) is 34.8 Å². The smallest absolute Gasteiger partial charge is 0.341 e. The van der Waals surface area contributed by atoms with Gasteiger partial charge in [0.1, 0.15) is 0 Å². The first-order chi connectivity index (χ1) is 9.43. The van der Waals surface area contributed by atoms with Crippen molar-refractivity contribution in [2.24, 2.45) is 5.92 Å². The van der Waals surface area contributed by atoms with E-state index in [1.807, 2.05) is 0 Å². The van der Waals surface area contributed by atoms with E-state index in [1.165, 1.54) is 6.20 Å². The maximum absolute atomic E-state index is 11.6. The molecule has 110 valence electrons. The molecule has 20 heavy (non-hydrogen) atoms. The Hall–Kier alpha value is -1.76. The number of hydrogen-bond acceptors (Lipinski definition) is 5. The summed E-state index contributed by atoms with van der Waals surface area (Å²) in [5.74, 6) is 0.428. The van der Waals surface area contributed by atoms with Crippen LogP contribution in [0.3, 0.4) is 0 Å². The van der Waals surface area contributed by atoms with E-state index in [2.05, 4.69) is 34.4 Å². The first kappa shape index (κ1) is 16.3. The van der Waals surface area contributed by atoms with Crippen LogP contribution in [-0.2, 0) is 4.74 Å². The predicted molar refractivity (Wildman–Crippen MR) is 81.8 cm³/mol. The van der Waals surface area contributed by atoms with Crippen LogP contribution >= 0.6 is 12.2 Å². The summed E-state index contributed by atoms with van der Waals surface area (Å²) in [5.41, 5.74) is 0.908. The summed E-state index contributed by atoms with van der Waals surface area (Å²) in [6.45, 7) is 8.74. The average Bonchev–Trinajstić information content (AvgIpc) is 2.36. The number of carbonyl (C=O) groups excluding carboxylic acids is 1. The molecule has 1 rings (SSSR count). The van der Waals surface area contributed by atoms with Crippen LogP contribution in [0.5, 0.6) is 0 Å². The maximum atomic E-state index is 11.6. The molecule has 7 heteroatoms. The number of carbonyl (C=O) groups is 1. The molecule has 1 aromatic rings. The van der Waals surface area contributed by atoms with Gasteiger partial charge in [0, 0.05) is 12.7 Å². The lowest BCUT2D eigenvalue weighted by Gasteiger charge is -2.12. The van der Waals surface area contributed by atoms with Crippen molar-refractivity contribution in [2.75, 3.05) is 18.5 Å². The number of ether oxygens (including phenoxy) is 1. The molecule has 0 atom stereocenters. The molecule has 0 aliphatic carbocycles. The standard InChI is InChI=1S/C13H20N4O2S/c1-5-19-11(18)10-7-14-12(16-9(10)4)17-13(20)15-6-8(2)3/h7-8H,5-6H2,1-4H3,(H2,14,15,16,17,20). The van der Waals surface area contributed by atoms with Crippen molar-refractivity contribution in [2.45, 2.75) is 27.7 Å². The molecule has 0 fully saturated rings. The fraction of sp³-hybridized carbons (Fsp3) is 0.538. The number of thiocarbonyl (C=S) groups is 1. The molecule has 1 heterocycles. The van der Waals surface area contributed by atoms with Crippen LogP contribution in [0.2, 0.25) is 0 Å². The fourth-order valence-electron chi connectivity index (χ4n) is 1.38. The molecule has 0 unspecified atom stereocenters. The van der Waals surface area contributed by atoms with Crippen molar-refractivity contribution in [3.05, 3.63) is 17.5 Å². The van der Waals surface area contributed by atoms with E-state index < -0.39 is 5.97 Å². The summed E-state index contributed by atoms with van der Waals surface area (Å²) >= 11 is 5.13.